The lowest BCUT2D eigenvalue weighted by molar-refractivity contribution is 0.103. The fourth-order valence-corrected chi connectivity index (χ4v) is 3.46. The van der Waals surface area contributed by atoms with Crippen LogP contribution >= 0.6 is 11.6 Å². The van der Waals surface area contributed by atoms with Crippen molar-refractivity contribution in [2.75, 3.05) is 7.11 Å². The van der Waals surface area contributed by atoms with Gasteiger partial charge in [0.15, 0.2) is 5.78 Å². The second kappa shape index (κ2) is 8.14. The standard InChI is InChI=1S/C24H18ClNO4/c1-30-23-12-18(15-4-2-3-14(9-15)13-27)19-10-16(6-8-21(19)26-23)24(29)17-5-7-20(25)22(28)11-17/h2-12,27-28H,13H2,1H3. The predicted molar refractivity (Wildman–Crippen MR) is 116 cm³/mol. The van der Waals surface area contributed by atoms with E-state index >= 15 is 0 Å². The zero-order valence-electron chi connectivity index (χ0n) is 16.1. The molecule has 5 nitrogen and oxygen atoms in total. The van der Waals surface area contributed by atoms with Crippen molar-refractivity contribution >= 4 is 28.3 Å². The Hall–Kier alpha value is -3.41. The van der Waals surface area contributed by atoms with E-state index in [9.17, 15) is 15.0 Å². The molecule has 1 aromatic heterocycles. The van der Waals surface area contributed by atoms with E-state index in [0.29, 0.717) is 22.5 Å². The monoisotopic (exact) mass is 419 g/mol. The van der Waals surface area contributed by atoms with Crippen molar-refractivity contribution in [3.8, 4) is 22.8 Å². The van der Waals surface area contributed by atoms with E-state index < -0.39 is 0 Å². The zero-order chi connectivity index (χ0) is 21.3. The third-order valence-corrected chi connectivity index (χ3v) is 5.21. The number of nitrogens with zero attached hydrogens (tertiary/aromatic N) is 1. The fourth-order valence-electron chi connectivity index (χ4n) is 3.34. The molecule has 0 spiro atoms. The summed E-state index contributed by atoms with van der Waals surface area (Å²) < 4.78 is 5.34. The number of carbonyl (C=O) groups is 1. The molecular formula is C24H18ClNO4. The molecule has 150 valence electrons. The van der Waals surface area contributed by atoms with E-state index in [1.165, 1.54) is 12.1 Å². The van der Waals surface area contributed by atoms with Gasteiger partial charge in [-0.1, -0.05) is 29.8 Å². The van der Waals surface area contributed by atoms with Gasteiger partial charge < -0.3 is 14.9 Å². The average Bonchev–Trinajstić information content (AvgIpc) is 2.79. The SMILES string of the molecule is COc1cc(-c2cccc(CO)c2)c2cc(C(=O)c3ccc(Cl)c(O)c3)ccc2n1. The summed E-state index contributed by atoms with van der Waals surface area (Å²) in [5.74, 6) is 0.0690. The molecule has 0 saturated heterocycles. The van der Waals surface area contributed by atoms with Gasteiger partial charge in [-0.05, 0) is 59.2 Å². The summed E-state index contributed by atoms with van der Waals surface area (Å²) in [6.45, 7) is -0.0716. The Labute approximate surface area is 178 Å². The van der Waals surface area contributed by atoms with Crippen molar-refractivity contribution in [1.82, 2.24) is 4.98 Å². The number of halogens is 1. The summed E-state index contributed by atoms with van der Waals surface area (Å²) in [5.41, 5.74) is 3.95. The number of phenolic OH excluding ortho intramolecular Hbond substituents is 1. The number of aliphatic hydroxyl groups is 1. The van der Waals surface area contributed by atoms with Crippen LogP contribution in [0.25, 0.3) is 22.0 Å². The molecule has 0 aliphatic carbocycles. The van der Waals surface area contributed by atoms with Crippen LogP contribution in [-0.4, -0.2) is 28.1 Å². The minimum absolute atomic E-state index is 0.0716. The number of ether oxygens (including phenoxy) is 1. The van der Waals surface area contributed by atoms with E-state index in [0.717, 1.165) is 22.1 Å². The molecule has 1 heterocycles. The lowest BCUT2D eigenvalue weighted by Gasteiger charge is -2.12. The van der Waals surface area contributed by atoms with Gasteiger partial charge in [0.2, 0.25) is 5.88 Å². The Morgan fingerprint density at radius 1 is 1.03 bits per heavy atom. The molecule has 6 heteroatoms. The summed E-state index contributed by atoms with van der Waals surface area (Å²) in [6, 6.07) is 19.0. The number of phenols is 1. The largest absolute Gasteiger partial charge is 0.506 e. The molecule has 0 aliphatic rings. The molecule has 0 unspecified atom stereocenters. The van der Waals surface area contributed by atoms with E-state index in [2.05, 4.69) is 4.98 Å². The van der Waals surface area contributed by atoms with Gasteiger partial charge in [0.05, 0.1) is 24.3 Å². The maximum Gasteiger partial charge on any atom is 0.214 e. The molecule has 3 aromatic carbocycles. The van der Waals surface area contributed by atoms with Crippen molar-refractivity contribution < 1.29 is 19.7 Å². The van der Waals surface area contributed by atoms with Crippen molar-refractivity contribution in [1.29, 1.82) is 0 Å². The number of carbonyl (C=O) groups excluding carboxylic acids is 1. The molecule has 0 aliphatic heterocycles. The fraction of sp³-hybridized carbons (Fsp3) is 0.0833. The number of aromatic nitrogens is 1. The highest BCUT2D eigenvalue weighted by Crippen LogP contribution is 2.33. The van der Waals surface area contributed by atoms with Crippen LogP contribution in [0.2, 0.25) is 5.02 Å². The predicted octanol–water partition coefficient (Wildman–Crippen LogP) is 4.99. The second-order valence-electron chi connectivity index (χ2n) is 6.80. The maximum atomic E-state index is 13.0. The highest BCUT2D eigenvalue weighted by atomic mass is 35.5. The third-order valence-electron chi connectivity index (χ3n) is 4.89. The summed E-state index contributed by atoms with van der Waals surface area (Å²) in [6.07, 6.45) is 0. The Morgan fingerprint density at radius 3 is 2.53 bits per heavy atom. The third kappa shape index (κ3) is 3.73. The van der Waals surface area contributed by atoms with Gasteiger partial charge in [-0.15, -0.1) is 0 Å². The molecular weight excluding hydrogens is 402 g/mol. The summed E-state index contributed by atoms with van der Waals surface area (Å²) >= 11 is 5.85. The van der Waals surface area contributed by atoms with Gasteiger partial charge in [0.25, 0.3) is 0 Å². The number of fused-ring (bicyclic) bond motifs is 1. The van der Waals surface area contributed by atoms with Crippen molar-refractivity contribution in [3.63, 3.8) is 0 Å². The smallest absolute Gasteiger partial charge is 0.214 e. The number of benzene rings is 3. The van der Waals surface area contributed by atoms with Crippen LogP contribution in [0.4, 0.5) is 0 Å². The number of aliphatic hydroxyl groups excluding tert-OH is 1. The van der Waals surface area contributed by atoms with Gasteiger partial charge in [0.1, 0.15) is 5.75 Å². The second-order valence-corrected chi connectivity index (χ2v) is 7.21. The highest BCUT2D eigenvalue weighted by molar-refractivity contribution is 6.32. The van der Waals surface area contributed by atoms with E-state index in [-0.39, 0.29) is 23.2 Å². The molecule has 0 radical (unpaired) electrons. The molecule has 0 bridgehead atoms. The molecule has 0 fully saturated rings. The van der Waals surface area contributed by atoms with Gasteiger partial charge in [0, 0.05) is 22.6 Å². The lowest BCUT2D eigenvalue weighted by Crippen LogP contribution is -2.02. The van der Waals surface area contributed by atoms with E-state index in [1.54, 1.807) is 37.4 Å². The molecule has 30 heavy (non-hydrogen) atoms. The topological polar surface area (TPSA) is 79.7 Å². The van der Waals surface area contributed by atoms with Gasteiger partial charge in [-0.3, -0.25) is 4.79 Å². The van der Waals surface area contributed by atoms with Crippen LogP contribution in [0, 0.1) is 0 Å². The Balaban J connectivity index is 1.88. The molecule has 4 aromatic rings. The number of methoxy groups -OCH3 is 1. The average molecular weight is 420 g/mol. The van der Waals surface area contributed by atoms with Crippen molar-refractivity contribution in [3.05, 3.63) is 88.4 Å². The first-order valence-corrected chi connectivity index (χ1v) is 9.60. The maximum absolute atomic E-state index is 13.0. The van der Waals surface area contributed by atoms with Crippen molar-refractivity contribution in [2.45, 2.75) is 6.61 Å². The molecule has 2 N–H and O–H groups in total. The first-order valence-electron chi connectivity index (χ1n) is 9.22. The Kier molecular flexibility index (Phi) is 5.40. The van der Waals surface area contributed by atoms with Crippen molar-refractivity contribution in [2.24, 2.45) is 0 Å². The van der Waals surface area contributed by atoms with Gasteiger partial charge >= 0.3 is 0 Å². The lowest BCUT2D eigenvalue weighted by atomic mass is 9.96. The van der Waals surface area contributed by atoms with Crippen LogP contribution in [-0.2, 0) is 6.61 Å². The number of pyridine rings is 1. The summed E-state index contributed by atoms with van der Waals surface area (Å²) in [7, 11) is 1.55. The highest BCUT2D eigenvalue weighted by Gasteiger charge is 2.15. The number of hydrogen-bond donors (Lipinski definition) is 2. The summed E-state index contributed by atoms with van der Waals surface area (Å²) in [5, 5.41) is 20.3. The number of aromatic hydroxyl groups is 1. The van der Waals surface area contributed by atoms with Crippen LogP contribution in [0.1, 0.15) is 21.5 Å². The normalized spacial score (nSPS) is 10.9. The Morgan fingerprint density at radius 2 is 1.80 bits per heavy atom. The van der Waals surface area contributed by atoms with Crippen LogP contribution in [0.5, 0.6) is 11.6 Å². The number of hydrogen-bond acceptors (Lipinski definition) is 5. The van der Waals surface area contributed by atoms with Crippen LogP contribution < -0.4 is 4.74 Å². The van der Waals surface area contributed by atoms with E-state index in [1.807, 2.05) is 24.3 Å². The minimum atomic E-state index is -0.241. The quantitative estimate of drug-likeness (QED) is 0.445. The number of rotatable bonds is 5. The minimum Gasteiger partial charge on any atom is -0.506 e. The first kappa shape index (κ1) is 19.9. The first-order chi connectivity index (χ1) is 14.5. The molecule has 0 saturated carbocycles. The van der Waals surface area contributed by atoms with Crippen LogP contribution in [0.3, 0.4) is 0 Å². The summed E-state index contributed by atoms with van der Waals surface area (Å²) in [4.78, 5) is 17.5. The molecule has 0 atom stereocenters. The van der Waals surface area contributed by atoms with Crippen LogP contribution in [0.15, 0.2) is 66.7 Å². The van der Waals surface area contributed by atoms with E-state index in [4.69, 9.17) is 16.3 Å². The number of ketones is 1. The Bertz CT molecular complexity index is 1270. The molecule has 4 rings (SSSR count). The van der Waals surface area contributed by atoms with Gasteiger partial charge in [-0.25, -0.2) is 4.98 Å². The zero-order valence-corrected chi connectivity index (χ0v) is 16.8. The van der Waals surface area contributed by atoms with Gasteiger partial charge in [-0.2, -0.15) is 0 Å². The molecule has 0 amide bonds.